The second kappa shape index (κ2) is 11.3. The summed E-state index contributed by atoms with van der Waals surface area (Å²) in [6, 6.07) is 20.2. The molecule has 0 spiro atoms. The van der Waals surface area contributed by atoms with E-state index in [4.69, 9.17) is 14.2 Å². The van der Waals surface area contributed by atoms with Gasteiger partial charge in [-0.25, -0.2) is 4.79 Å². The van der Waals surface area contributed by atoms with Crippen molar-refractivity contribution in [3.05, 3.63) is 89.5 Å². The van der Waals surface area contributed by atoms with Crippen LogP contribution in [0.5, 0.6) is 11.5 Å². The highest BCUT2D eigenvalue weighted by Crippen LogP contribution is 2.17. The van der Waals surface area contributed by atoms with Crippen LogP contribution in [0.1, 0.15) is 33.2 Å². The van der Waals surface area contributed by atoms with Gasteiger partial charge in [0.25, 0.3) is 11.8 Å². The molecule has 0 fully saturated rings. The lowest BCUT2D eigenvalue weighted by atomic mass is 10.1. The van der Waals surface area contributed by atoms with E-state index in [2.05, 4.69) is 10.6 Å². The predicted molar refractivity (Wildman–Crippen MR) is 123 cm³/mol. The summed E-state index contributed by atoms with van der Waals surface area (Å²) < 4.78 is 14.8. The van der Waals surface area contributed by atoms with Gasteiger partial charge in [0.2, 0.25) is 0 Å². The number of hydrogen-bond donors (Lipinski definition) is 2. The molecule has 8 heteroatoms. The Morgan fingerprint density at radius 1 is 0.818 bits per heavy atom. The number of benzene rings is 3. The number of anilines is 1. The van der Waals surface area contributed by atoms with E-state index in [1.165, 1.54) is 12.1 Å². The van der Waals surface area contributed by atoms with Crippen LogP contribution in [0, 0.1) is 0 Å². The van der Waals surface area contributed by atoms with Crippen LogP contribution in [0.2, 0.25) is 0 Å². The lowest BCUT2D eigenvalue weighted by Crippen LogP contribution is -2.22. The highest BCUT2D eigenvalue weighted by molar-refractivity contribution is 6.04. The van der Waals surface area contributed by atoms with Gasteiger partial charge >= 0.3 is 6.16 Å². The normalized spacial score (nSPS) is 10.1. The minimum atomic E-state index is -0.798. The number of amides is 2. The third-order valence-electron chi connectivity index (χ3n) is 4.55. The van der Waals surface area contributed by atoms with Gasteiger partial charge in [0, 0.05) is 23.4 Å². The molecule has 2 N–H and O–H groups in total. The van der Waals surface area contributed by atoms with Gasteiger partial charge in [0.15, 0.2) is 0 Å². The molecule has 3 rings (SSSR count). The predicted octanol–water partition coefficient (Wildman–Crippen LogP) is 4.41. The molecule has 0 saturated carbocycles. The summed E-state index contributed by atoms with van der Waals surface area (Å²) in [7, 11) is 1.54. The quantitative estimate of drug-likeness (QED) is 0.391. The van der Waals surface area contributed by atoms with Crippen molar-refractivity contribution in [1.29, 1.82) is 0 Å². The number of hydrogen-bond acceptors (Lipinski definition) is 6. The molecule has 0 aliphatic carbocycles. The molecule has 0 heterocycles. The monoisotopic (exact) mass is 448 g/mol. The fourth-order valence-electron chi connectivity index (χ4n) is 2.93. The van der Waals surface area contributed by atoms with E-state index in [1.54, 1.807) is 68.6 Å². The van der Waals surface area contributed by atoms with E-state index in [9.17, 15) is 14.4 Å². The van der Waals surface area contributed by atoms with Crippen LogP contribution in [0.3, 0.4) is 0 Å². The molecule has 3 aromatic rings. The maximum Gasteiger partial charge on any atom is 0.513 e. The Hall–Kier alpha value is -4.33. The van der Waals surface area contributed by atoms with Crippen molar-refractivity contribution < 1.29 is 28.6 Å². The lowest BCUT2D eigenvalue weighted by Gasteiger charge is -2.10. The van der Waals surface area contributed by atoms with Crippen molar-refractivity contribution in [2.45, 2.75) is 13.5 Å². The van der Waals surface area contributed by atoms with Crippen molar-refractivity contribution in [3.63, 3.8) is 0 Å². The van der Waals surface area contributed by atoms with Crippen LogP contribution in [-0.2, 0) is 11.3 Å². The molecule has 0 bridgehead atoms. The lowest BCUT2D eigenvalue weighted by molar-refractivity contribution is 0.0950. The van der Waals surface area contributed by atoms with Crippen LogP contribution in [-0.4, -0.2) is 31.7 Å². The first kappa shape index (κ1) is 23.3. The molecule has 3 aromatic carbocycles. The molecular weight excluding hydrogens is 424 g/mol. The van der Waals surface area contributed by atoms with Crippen molar-refractivity contribution in [1.82, 2.24) is 5.32 Å². The second-order valence-electron chi connectivity index (χ2n) is 6.88. The number of rotatable bonds is 8. The van der Waals surface area contributed by atoms with Crippen molar-refractivity contribution in [3.8, 4) is 11.5 Å². The largest absolute Gasteiger partial charge is 0.513 e. The third-order valence-corrected chi connectivity index (χ3v) is 4.55. The Kier molecular flexibility index (Phi) is 8.02. The summed E-state index contributed by atoms with van der Waals surface area (Å²) in [5, 5.41) is 5.66. The van der Waals surface area contributed by atoms with Crippen molar-refractivity contribution in [2.24, 2.45) is 0 Å². The molecule has 0 atom stereocenters. The zero-order chi connectivity index (χ0) is 23.6. The Morgan fingerprint density at radius 3 is 2.30 bits per heavy atom. The summed E-state index contributed by atoms with van der Waals surface area (Å²) in [6.07, 6.45) is -0.798. The van der Waals surface area contributed by atoms with Gasteiger partial charge in [-0.3, -0.25) is 9.59 Å². The van der Waals surface area contributed by atoms with Gasteiger partial charge in [0.1, 0.15) is 11.5 Å². The molecule has 2 amide bonds. The SMILES string of the molecule is CCOC(=O)Oc1ccc(C(=O)NCc2cccc(NC(=O)c3cccc(OC)c3)c2)cc1. The number of carbonyl (C=O) groups excluding carboxylic acids is 3. The minimum absolute atomic E-state index is 0.213. The number of nitrogens with one attached hydrogen (secondary N) is 2. The van der Waals surface area contributed by atoms with Crippen LogP contribution in [0.15, 0.2) is 72.8 Å². The first-order chi connectivity index (χ1) is 16.0. The molecule has 170 valence electrons. The zero-order valence-electron chi connectivity index (χ0n) is 18.3. The third kappa shape index (κ3) is 6.83. The second-order valence-corrected chi connectivity index (χ2v) is 6.88. The molecule has 8 nitrogen and oxygen atoms in total. The van der Waals surface area contributed by atoms with Gasteiger partial charge < -0.3 is 24.8 Å². The summed E-state index contributed by atoms with van der Waals surface area (Å²) >= 11 is 0. The summed E-state index contributed by atoms with van der Waals surface area (Å²) in [5.41, 5.74) is 2.31. The Bertz CT molecular complexity index is 1130. The number of ether oxygens (including phenoxy) is 3. The Balaban J connectivity index is 1.56. The zero-order valence-corrected chi connectivity index (χ0v) is 18.3. The first-order valence-corrected chi connectivity index (χ1v) is 10.3. The molecule has 0 radical (unpaired) electrons. The fourth-order valence-corrected chi connectivity index (χ4v) is 2.93. The van der Waals surface area contributed by atoms with Crippen LogP contribution in [0.25, 0.3) is 0 Å². The average molecular weight is 448 g/mol. The van der Waals surface area contributed by atoms with Gasteiger partial charge in [-0.15, -0.1) is 0 Å². The van der Waals surface area contributed by atoms with Crippen LogP contribution in [0.4, 0.5) is 10.5 Å². The average Bonchev–Trinajstić information content (AvgIpc) is 2.83. The molecular formula is C25H24N2O6. The summed E-state index contributed by atoms with van der Waals surface area (Å²) in [4.78, 5) is 36.3. The van der Waals surface area contributed by atoms with Crippen LogP contribution < -0.4 is 20.1 Å². The van der Waals surface area contributed by atoms with E-state index in [-0.39, 0.29) is 30.7 Å². The maximum absolute atomic E-state index is 12.5. The Morgan fingerprint density at radius 2 is 1.58 bits per heavy atom. The fraction of sp³-hybridized carbons (Fsp3) is 0.160. The highest BCUT2D eigenvalue weighted by atomic mass is 16.7. The van der Waals surface area contributed by atoms with Crippen LogP contribution >= 0.6 is 0 Å². The summed E-state index contributed by atoms with van der Waals surface area (Å²) in [6.45, 7) is 2.16. The van der Waals surface area contributed by atoms with E-state index < -0.39 is 6.16 Å². The number of carbonyl (C=O) groups is 3. The minimum Gasteiger partial charge on any atom is -0.497 e. The molecule has 0 aliphatic heterocycles. The molecule has 0 aliphatic rings. The van der Waals surface area contributed by atoms with E-state index >= 15 is 0 Å². The Labute approximate surface area is 191 Å². The molecule has 33 heavy (non-hydrogen) atoms. The van der Waals surface area contributed by atoms with Gasteiger partial charge in [-0.05, 0) is 67.1 Å². The topological polar surface area (TPSA) is 103 Å². The maximum atomic E-state index is 12.5. The highest BCUT2D eigenvalue weighted by Gasteiger charge is 2.10. The van der Waals surface area contributed by atoms with Gasteiger partial charge in [-0.1, -0.05) is 18.2 Å². The van der Waals surface area contributed by atoms with E-state index in [0.29, 0.717) is 22.6 Å². The molecule has 0 saturated heterocycles. The standard InChI is InChI=1S/C25H24N2O6/c1-3-32-25(30)33-21-12-10-18(11-13-21)23(28)26-16-17-6-4-8-20(14-17)27-24(29)19-7-5-9-22(15-19)31-2/h4-15H,3,16H2,1-2H3,(H,26,28)(H,27,29). The van der Waals surface area contributed by atoms with Gasteiger partial charge in [-0.2, -0.15) is 0 Å². The van der Waals surface area contributed by atoms with Gasteiger partial charge in [0.05, 0.1) is 13.7 Å². The smallest absolute Gasteiger partial charge is 0.497 e. The first-order valence-electron chi connectivity index (χ1n) is 10.3. The van der Waals surface area contributed by atoms with E-state index in [1.807, 2.05) is 6.07 Å². The summed E-state index contributed by atoms with van der Waals surface area (Å²) in [5.74, 6) is 0.327. The molecule has 0 aromatic heterocycles. The van der Waals surface area contributed by atoms with Crippen molar-refractivity contribution in [2.75, 3.05) is 19.0 Å². The van der Waals surface area contributed by atoms with E-state index in [0.717, 1.165) is 5.56 Å². The number of methoxy groups -OCH3 is 1. The molecule has 0 unspecified atom stereocenters. The van der Waals surface area contributed by atoms with Crippen molar-refractivity contribution >= 4 is 23.7 Å².